The van der Waals surface area contributed by atoms with Crippen molar-refractivity contribution >= 4 is 60.5 Å². The third-order valence-corrected chi connectivity index (χ3v) is 6.58. The molecule has 6 aromatic rings. The second-order valence-electron chi connectivity index (χ2n) is 7.12. The molecule has 0 unspecified atom stereocenters. The van der Waals surface area contributed by atoms with Gasteiger partial charge in [-0.15, -0.1) is 0 Å². The molecule has 0 aliphatic heterocycles. The van der Waals surface area contributed by atoms with E-state index in [4.69, 9.17) is 0 Å². The molecule has 6 rings (SSSR count). The Hall–Kier alpha value is -3.09. The van der Waals surface area contributed by atoms with Crippen LogP contribution in [0, 0.1) is 5.82 Å². The van der Waals surface area contributed by atoms with E-state index in [0.29, 0.717) is 0 Å². The van der Waals surface area contributed by atoms with E-state index in [-0.39, 0.29) is 5.82 Å². The number of nitrogens with zero attached hydrogens (tertiary/aromatic N) is 3. The monoisotopic (exact) mass is 473 g/mol. The standard InChI is InChI=1S/C24H13BrFN3S/c25-20-10-9-17(23-24(20)28-30-27-23)14-8-11-22-19(12-14)18-6-1-2-7-21(18)29(22)16-5-3-4-15(26)13-16/h1-13H. The molecule has 0 saturated heterocycles. The van der Waals surface area contributed by atoms with E-state index < -0.39 is 0 Å². The summed E-state index contributed by atoms with van der Waals surface area (Å²) in [4.78, 5) is 0. The molecule has 0 aliphatic rings. The molecule has 2 aromatic heterocycles. The molecule has 0 aliphatic carbocycles. The van der Waals surface area contributed by atoms with Crippen LogP contribution in [0.1, 0.15) is 0 Å². The third kappa shape index (κ3) is 2.61. The lowest BCUT2D eigenvalue weighted by Crippen LogP contribution is -1.94. The fraction of sp³-hybridized carbons (Fsp3) is 0. The summed E-state index contributed by atoms with van der Waals surface area (Å²) in [6.07, 6.45) is 0. The van der Waals surface area contributed by atoms with Crippen molar-refractivity contribution in [1.29, 1.82) is 0 Å². The van der Waals surface area contributed by atoms with Gasteiger partial charge in [0.2, 0.25) is 0 Å². The van der Waals surface area contributed by atoms with Gasteiger partial charge in [-0.05, 0) is 64.0 Å². The molecule has 0 fully saturated rings. The lowest BCUT2D eigenvalue weighted by molar-refractivity contribution is 0.627. The van der Waals surface area contributed by atoms with Gasteiger partial charge >= 0.3 is 0 Å². The van der Waals surface area contributed by atoms with Crippen LogP contribution in [0.2, 0.25) is 0 Å². The van der Waals surface area contributed by atoms with Crippen molar-refractivity contribution in [3.63, 3.8) is 0 Å². The Morgan fingerprint density at radius 1 is 0.767 bits per heavy atom. The van der Waals surface area contributed by atoms with Crippen molar-refractivity contribution in [2.24, 2.45) is 0 Å². The van der Waals surface area contributed by atoms with Gasteiger partial charge in [0.25, 0.3) is 0 Å². The van der Waals surface area contributed by atoms with Gasteiger partial charge in [-0.25, -0.2) is 4.39 Å². The second kappa shape index (κ2) is 6.72. The van der Waals surface area contributed by atoms with Gasteiger partial charge in [0.1, 0.15) is 16.9 Å². The van der Waals surface area contributed by atoms with Crippen molar-refractivity contribution < 1.29 is 4.39 Å². The van der Waals surface area contributed by atoms with E-state index in [9.17, 15) is 4.39 Å². The normalized spacial score (nSPS) is 11.7. The minimum atomic E-state index is -0.247. The molecule has 0 amide bonds. The largest absolute Gasteiger partial charge is 0.309 e. The quantitative estimate of drug-likeness (QED) is 0.263. The number of para-hydroxylation sites is 1. The Labute approximate surface area is 183 Å². The highest BCUT2D eigenvalue weighted by molar-refractivity contribution is 9.10. The van der Waals surface area contributed by atoms with Crippen LogP contribution >= 0.6 is 27.7 Å². The van der Waals surface area contributed by atoms with Crippen LogP contribution in [-0.2, 0) is 0 Å². The zero-order chi connectivity index (χ0) is 20.2. The zero-order valence-corrected chi connectivity index (χ0v) is 17.9. The van der Waals surface area contributed by atoms with E-state index in [1.807, 2.05) is 24.3 Å². The molecule has 2 heterocycles. The van der Waals surface area contributed by atoms with Gasteiger partial charge in [0.15, 0.2) is 0 Å². The Kier molecular flexibility index (Phi) is 3.97. The molecule has 0 spiro atoms. The van der Waals surface area contributed by atoms with E-state index >= 15 is 0 Å². The van der Waals surface area contributed by atoms with Gasteiger partial charge in [-0.1, -0.05) is 36.4 Å². The first kappa shape index (κ1) is 17.7. The van der Waals surface area contributed by atoms with Gasteiger partial charge < -0.3 is 4.57 Å². The van der Waals surface area contributed by atoms with Crippen molar-refractivity contribution in [2.45, 2.75) is 0 Å². The van der Waals surface area contributed by atoms with Gasteiger partial charge in [0, 0.05) is 26.5 Å². The van der Waals surface area contributed by atoms with E-state index in [1.54, 1.807) is 12.1 Å². The summed E-state index contributed by atoms with van der Waals surface area (Å²) in [7, 11) is 0. The van der Waals surface area contributed by atoms with Crippen molar-refractivity contribution in [1.82, 2.24) is 13.3 Å². The first-order chi connectivity index (χ1) is 14.7. The summed E-state index contributed by atoms with van der Waals surface area (Å²) >= 11 is 4.78. The SMILES string of the molecule is Fc1cccc(-n2c3ccccc3c3cc(-c4ccc(Br)c5nsnc45)ccc32)c1. The molecule has 0 bridgehead atoms. The highest BCUT2D eigenvalue weighted by atomic mass is 79.9. The number of hydrogen-bond donors (Lipinski definition) is 0. The lowest BCUT2D eigenvalue weighted by atomic mass is 10.0. The van der Waals surface area contributed by atoms with Crippen molar-refractivity contribution in [3.8, 4) is 16.8 Å². The van der Waals surface area contributed by atoms with Crippen LogP contribution < -0.4 is 0 Å². The minimum Gasteiger partial charge on any atom is -0.309 e. The van der Waals surface area contributed by atoms with Crippen LogP contribution in [0.4, 0.5) is 4.39 Å². The number of hydrogen-bond acceptors (Lipinski definition) is 3. The van der Waals surface area contributed by atoms with E-state index in [2.05, 4.69) is 65.6 Å². The Morgan fingerprint density at radius 2 is 1.60 bits per heavy atom. The number of halogens is 2. The average molecular weight is 474 g/mol. The van der Waals surface area contributed by atoms with Crippen molar-refractivity contribution in [2.75, 3.05) is 0 Å². The molecule has 144 valence electrons. The number of rotatable bonds is 2. The van der Waals surface area contributed by atoms with Crippen LogP contribution in [0.25, 0.3) is 49.7 Å². The maximum atomic E-state index is 14.0. The van der Waals surface area contributed by atoms with E-state index in [0.717, 1.165) is 54.1 Å². The van der Waals surface area contributed by atoms with Crippen LogP contribution in [-0.4, -0.2) is 13.3 Å². The minimum absolute atomic E-state index is 0.247. The smallest absolute Gasteiger partial charge is 0.125 e. The molecule has 6 heteroatoms. The van der Waals surface area contributed by atoms with Crippen LogP contribution in [0.5, 0.6) is 0 Å². The van der Waals surface area contributed by atoms with Crippen LogP contribution in [0.15, 0.2) is 83.3 Å². The first-order valence-electron chi connectivity index (χ1n) is 9.41. The molecular formula is C24H13BrFN3S. The third-order valence-electron chi connectivity index (χ3n) is 5.42. The van der Waals surface area contributed by atoms with Gasteiger partial charge in [-0.2, -0.15) is 8.75 Å². The maximum absolute atomic E-state index is 14.0. The highest BCUT2D eigenvalue weighted by Crippen LogP contribution is 2.37. The average Bonchev–Trinajstić information content (AvgIpc) is 3.37. The summed E-state index contributed by atoms with van der Waals surface area (Å²) in [5.74, 6) is -0.247. The van der Waals surface area contributed by atoms with Crippen molar-refractivity contribution in [3.05, 3.63) is 89.2 Å². The Bertz CT molecular complexity index is 1580. The Morgan fingerprint density at radius 3 is 2.50 bits per heavy atom. The first-order valence-corrected chi connectivity index (χ1v) is 10.9. The van der Waals surface area contributed by atoms with Gasteiger partial charge in [-0.3, -0.25) is 0 Å². The zero-order valence-electron chi connectivity index (χ0n) is 15.5. The highest BCUT2D eigenvalue weighted by Gasteiger charge is 2.15. The van der Waals surface area contributed by atoms with Gasteiger partial charge in [0.05, 0.1) is 22.8 Å². The summed E-state index contributed by atoms with van der Waals surface area (Å²) in [6, 6.07) is 25.4. The molecule has 3 nitrogen and oxygen atoms in total. The topological polar surface area (TPSA) is 30.7 Å². The molecule has 0 saturated carbocycles. The fourth-order valence-electron chi connectivity index (χ4n) is 4.10. The summed E-state index contributed by atoms with van der Waals surface area (Å²) in [5, 5.41) is 2.25. The number of aromatic nitrogens is 3. The molecule has 4 aromatic carbocycles. The predicted molar refractivity (Wildman–Crippen MR) is 125 cm³/mol. The molecule has 0 N–H and O–H groups in total. The Balaban J connectivity index is 1.67. The number of benzene rings is 4. The predicted octanol–water partition coefficient (Wildman–Crippen LogP) is 7.36. The second-order valence-corrected chi connectivity index (χ2v) is 8.50. The maximum Gasteiger partial charge on any atom is 0.125 e. The summed E-state index contributed by atoms with van der Waals surface area (Å²) < 4.78 is 25.9. The lowest BCUT2D eigenvalue weighted by Gasteiger charge is -2.08. The summed E-state index contributed by atoms with van der Waals surface area (Å²) in [5.41, 5.74) is 6.79. The molecule has 0 atom stereocenters. The molecular weight excluding hydrogens is 461 g/mol. The molecule has 0 radical (unpaired) electrons. The fourth-order valence-corrected chi connectivity index (χ4v) is 5.20. The molecule has 30 heavy (non-hydrogen) atoms. The number of fused-ring (bicyclic) bond motifs is 4. The summed E-state index contributed by atoms with van der Waals surface area (Å²) in [6.45, 7) is 0. The van der Waals surface area contributed by atoms with Crippen LogP contribution in [0.3, 0.4) is 0 Å². The van der Waals surface area contributed by atoms with E-state index in [1.165, 1.54) is 17.8 Å².